The summed E-state index contributed by atoms with van der Waals surface area (Å²) >= 11 is 0. The zero-order valence-corrected chi connectivity index (χ0v) is 20.4. The molecule has 10 nitrogen and oxygen atoms in total. The van der Waals surface area contributed by atoms with Crippen LogP contribution in [0.1, 0.15) is 42.9 Å². The van der Waals surface area contributed by atoms with Crippen molar-refractivity contribution < 1.29 is 41.0 Å². The number of rotatable bonds is 9. The number of ether oxygens (including phenoxy) is 1. The smallest absolute Gasteiger partial charge is 0.407 e. The number of benzene rings is 1. The fraction of sp³-hybridized carbons (Fsp3) is 0.500. The maximum atomic E-state index is 12.6. The molecule has 2 amide bonds. The Labute approximate surface area is 205 Å². The van der Waals surface area contributed by atoms with Crippen LogP contribution in [0, 0.1) is 0 Å². The van der Waals surface area contributed by atoms with Gasteiger partial charge in [0.15, 0.2) is 15.7 Å². The van der Waals surface area contributed by atoms with Crippen LogP contribution in [0.3, 0.4) is 0 Å². The van der Waals surface area contributed by atoms with Gasteiger partial charge in [0.2, 0.25) is 5.91 Å². The van der Waals surface area contributed by atoms with Gasteiger partial charge in [-0.3, -0.25) is 9.89 Å². The maximum Gasteiger partial charge on any atom is 0.407 e. The van der Waals surface area contributed by atoms with Gasteiger partial charge in [0.25, 0.3) is 0 Å². The number of carbonyl (C=O) groups excluding carboxylic acids is 1. The van der Waals surface area contributed by atoms with E-state index in [0.29, 0.717) is 30.7 Å². The number of carboxylic acid groups (broad SMARTS) is 1. The van der Waals surface area contributed by atoms with Crippen LogP contribution < -0.4 is 10.1 Å². The van der Waals surface area contributed by atoms with Crippen molar-refractivity contribution in [3.05, 3.63) is 35.5 Å². The number of sulfone groups is 1. The third kappa shape index (κ3) is 7.12. The van der Waals surface area contributed by atoms with Crippen molar-refractivity contribution in [1.29, 1.82) is 0 Å². The Morgan fingerprint density at radius 3 is 2.61 bits per heavy atom. The van der Waals surface area contributed by atoms with Crippen molar-refractivity contribution in [2.75, 3.05) is 25.2 Å². The average Bonchev–Trinajstić information content (AvgIpc) is 3.41. The summed E-state index contributed by atoms with van der Waals surface area (Å²) in [7, 11) is -2.16. The van der Waals surface area contributed by atoms with Gasteiger partial charge in [-0.25, -0.2) is 13.2 Å². The Morgan fingerprint density at radius 1 is 1.28 bits per heavy atom. The fourth-order valence-electron chi connectivity index (χ4n) is 4.36. The molecular weight excluding hydrogens is 505 g/mol. The Balaban J connectivity index is 1.64. The zero-order chi connectivity index (χ0) is 26.7. The number of hydrogen-bond donors (Lipinski definition) is 3. The molecule has 0 spiro atoms. The number of aromatic amines is 1. The SMILES string of the molecule is COc1ccc(S(C)(=O)=O)c(CC(=O)Nc2cc([C@H]3CC[C@@H](N(CCC(F)(F)F)C(=O)O)C3)[nH]n2)c1. The molecule has 14 heteroatoms. The molecule has 1 aromatic carbocycles. The number of nitrogens with zero attached hydrogens (tertiary/aromatic N) is 2. The first-order chi connectivity index (χ1) is 16.8. The molecule has 0 saturated heterocycles. The lowest BCUT2D eigenvalue weighted by atomic mass is 10.0. The molecule has 1 aromatic heterocycles. The molecule has 1 aliphatic rings. The van der Waals surface area contributed by atoms with Crippen LogP contribution in [0.15, 0.2) is 29.2 Å². The van der Waals surface area contributed by atoms with E-state index in [2.05, 4.69) is 15.5 Å². The van der Waals surface area contributed by atoms with E-state index < -0.39 is 47.0 Å². The van der Waals surface area contributed by atoms with Gasteiger partial charge in [-0.2, -0.15) is 18.3 Å². The molecule has 2 atom stereocenters. The molecule has 1 saturated carbocycles. The fourth-order valence-corrected chi connectivity index (χ4v) is 5.28. The largest absolute Gasteiger partial charge is 0.497 e. The van der Waals surface area contributed by atoms with Crippen LogP contribution in [-0.2, 0) is 21.1 Å². The number of hydrogen-bond acceptors (Lipinski definition) is 6. The van der Waals surface area contributed by atoms with E-state index in [1.165, 1.54) is 25.3 Å². The van der Waals surface area contributed by atoms with Crippen LogP contribution in [-0.4, -0.2) is 72.8 Å². The van der Waals surface area contributed by atoms with Crippen molar-refractivity contribution in [2.45, 2.75) is 55.1 Å². The van der Waals surface area contributed by atoms with Crippen LogP contribution >= 0.6 is 0 Å². The van der Waals surface area contributed by atoms with Crippen molar-refractivity contribution in [3.63, 3.8) is 0 Å². The lowest BCUT2D eigenvalue weighted by Gasteiger charge is -2.26. The molecule has 1 aliphatic carbocycles. The molecular formula is C22H27F3N4O6S. The summed E-state index contributed by atoms with van der Waals surface area (Å²) < 4.78 is 66.9. The number of methoxy groups -OCH3 is 1. The van der Waals surface area contributed by atoms with Gasteiger partial charge >= 0.3 is 12.3 Å². The van der Waals surface area contributed by atoms with Crippen molar-refractivity contribution in [1.82, 2.24) is 15.1 Å². The van der Waals surface area contributed by atoms with Gasteiger partial charge in [0, 0.05) is 36.5 Å². The molecule has 3 N–H and O–H groups in total. The van der Waals surface area contributed by atoms with Gasteiger partial charge < -0.3 is 20.1 Å². The summed E-state index contributed by atoms with van der Waals surface area (Å²) in [4.78, 5) is 24.9. The van der Waals surface area contributed by atoms with Crippen LogP contribution in [0.25, 0.3) is 0 Å². The third-order valence-corrected chi connectivity index (χ3v) is 7.25. The first-order valence-corrected chi connectivity index (χ1v) is 12.9. The van der Waals surface area contributed by atoms with Crippen molar-refractivity contribution in [3.8, 4) is 5.75 Å². The van der Waals surface area contributed by atoms with Crippen LogP contribution in [0.2, 0.25) is 0 Å². The molecule has 2 aromatic rings. The first kappa shape index (κ1) is 27.3. The lowest BCUT2D eigenvalue weighted by Crippen LogP contribution is -2.40. The summed E-state index contributed by atoms with van der Waals surface area (Å²) in [6, 6.07) is 5.35. The van der Waals surface area contributed by atoms with E-state index in [0.717, 1.165) is 11.2 Å². The van der Waals surface area contributed by atoms with E-state index in [-0.39, 0.29) is 28.6 Å². The minimum Gasteiger partial charge on any atom is -0.497 e. The second kappa shape index (κ2) is 10.8. The molecule has 0 aliphatic heterocycles. The predicted molar refractivity (Wildman–Crippen MR) is 123 cm³/mol. The number of nitrogens with one attached hydrogen (secondary N) is 2. The van der Waals surface area contributed by atoms with Gasteiger partial charge in [0.1, 0.15) is 5.75 Å². The van der Waals surface area contributed by atoms with E-state index in [1.54, 1.807) is 6.07 Å². The zero-order valence-electron chi connectivity index (χ0n) is 19.6. The Kier molecular flexibility index (Phi) is 8.16. The molecule has 3 rings (SSSR count). The van der Waals surface area contributed by atoms with Crippen LogP contribution in [0.5, 0.6) is 5.75 Å². The normalized spacial score (nSPS) is 18.1. The average molecular weight is 533 g/mol. The maximum absolute atomic E-state index is 12.6. The predicted octanol–water partition coefficient (Wildman–Crippen LogP) is 3.57. The molecule has 36 heavy (non-hydrogen) atoms. The van der Waals surface area contributed by atoms with Gasteiger partial charge in [-0.1, -0.05) is 0 Å². The topological polar surface area (TPSA) is 142 Å². The van der Waals surface area contributed by atoms with E-state index >= 15 is 0 Å². The summed E-state index contributed by atoms with van der Waals surface area (Å²) in [5.41, 5.74) is 0.878. The number of halogens is 3. The first-order valence-electron chi connectivity index (χ1n) is 11.0. The lowest BCUT2D eigenvalue weighted by molar-refractivity contribution is -0.137. The summed E-state index contributed by atoms with van der Waals surface area (Å²) in [6.45, 7) is -0.625. The number of alkyl halides is 3. The minimum absolute atomic E-state index is 0.00618. The molecule has 1 heterocycles. The summed E-state index contributed by atoms with van der Waals surface area (Å²) in [5, 5.41) is 18.8. The molecule has 1 fully saturated rings. The second-order valence-corrected chi connectivity index (χ2v) is 10.7. The molecule has 0 unspecified atom stereocenters. The van der Waals surface area contributed by atoms with E-state index in [9.17, 15) is 36.3 Å². The molecule has 0 bridgehead atoms. The van der Waals surface area contributed by atoms with Gasteiger partial charge in [-0.05, 0) is 43.0 Å². The van der Waals surface area contributed by atoms with Crippen molar-refractivity contribution >= 4 is 27.7 Å². The number of anilines is 1. The van der Waals surface area contributed by atoms with E-state index in [4.69, 9.17) is 4.74 Å². The number of H-pyrrole nitrogens is 1. The van der Waals surface area contributed by atoms with Crippen molar-refractivity contribution in [2.24, 2.45) is 0 Å². The Morgan fingerprint density at radius 2 is 2.00 bits per heavy atom. The van der Waals surface area contributed by atoms with Gasteiger partial charge in [-0.15, -0.1) is 0 Å². The third-order valence-electron chi connectivity index (χ3n) is 6.05. The minimum atomic E-state index is -4.45. The number of carbonyl (C=O) groups is 2. The standard InChI is InChI=1S/C22H27F3N4O6S/c1-35-16-5-6-18(36(2,33)34)14(10-16)11-20(30)26-19-12-17(27-28-19)13-3-4-15(9-13)29(21(31)32)8-7-22(23,24)25/h5-6,10,12-13,15H,3-4,7-9,11H2,1-2H3,(H,31,32)(H2,26,27,28,30)/t13-,15+/m0/s1. The van der Waals surface area contributed by atoms with Gasteiger partial charge in [0.05, 0.1) is 24.8 Å². The highest BCUT2D eigenvalue weighted by molar-refractivity contribution is 7.90. The number of aromatic nitrogens is 2. The van der Waals surface area contributed by atoms with E-state index in [1.807, 2.05) is 0 Å². The summed E-state index contributed by atoms with van der Waals surface area (Å²) in [5.74, 6) is -0.0982. The quantitative estimate of drug-likeness (QED) is 0.448. The summed E-state index contributed by atoms with van der Waals surface area (Å²) in [6.07, 6.45) is -5.00. The van der Waals surface area contributed by atoms with Crippen LogP contribution in [0.4, 0.5) is 23.8 Å². The number of amides is 2. The highest BCUT2D eigenvalue weighted by Gasteiger charge is 2.36. The highest BCUT2D eigenvalue weighted by Crippen LogP contribution is 2.37. The highest BCUT2D eigenvalue weighted by atomic mass is 32.2. The molecule has 198 valence electrons. The molecule has 0 radical (unpaired) electrons. The second-order valence-electron chi connectivity index (χ2n) is 8.68. The Bertz CT molecular complexity index is 1210. The monoisotopic (exact) mass is 532 g/mol. The Hall–Kier alpha value is -3.29.